The van der Waals surface area contributed by atoms with E-state index < -0.39 is 6.04 Å². The first-order chi connectivity index (χ1) is 14.1. The van der Waals surface area contributed by atoms with Gasteiger partial charge in [0.15, 0.2) is 0 Å². The topological polar surface area (TPSA) is 66.9 Å². The van der Waals surface area contributed by atoms with Crippen molar-refractivity contribution in [3.63, 3.8) is 0 Å². The Bertz CT molecular complexity index is 814. The van der Waals surface area contributed by atoms with Gasteiger partial charge in [0.25, 0.3) is 0 Å². The summed E-state index contributed by atoms with van der Waals surface area (Å²) >= 11 is 0. The molecule has 152 valence electrons. The highest BCUT2D eigenvalue weighted by atomic mass is 16.5. The Hall–Kier alpha value is -2.47. The van der Waals surface area contributed by atoms with Gasteiger partial charge in [0.05, 0.1) is 25.0 Å². The fourth-order valence-corrected chi connectivity index (χ4v) is 5.53. The van der Waals surface area contributed by atoms with E-state index in [0.717, 1.165) is 18.4 Å². The number of hydrogen-bond acceptors (Lipinski definition) is 4. The molecule has 5 aliphatic rings. The third-order valence-electron chi connectivity index (χ3n) is 6.98. The zero-order valence-electron chi connectivity index (χ0n) is 16.4. The van der Waals surface area contributed by atoms with Crippen molar-refractivity contribution in [3.8, 4) is 0 Å². The van der Waals surface area contributed by atoms with Crippen LogP contribution in [0.1, 0.15) is 18.4 Å². The van der Waals surface area contributed by atoms with Crippen LogP contribution < -0.4 is 0 Å². The van der Waals surface area contributed by atoms with E-state index in [-0.39, 0.29) is 41.4 Å². The van der Waals surface area contributed by atoms with Gasteiger partial charge in [-0.2, -0.15) is 0 Å². The molecular weight excluding hydrogens is 368 g/mol. The summed E-state index contributed by atoms with van der Waals surface area (Å²) in [6.45, 7) is 1.98. The van der Waals surface area contributed by atoms with Gasteiger partial charge < -0.3 is 9.64 Å². The third kappa shape index (κ3) is 3.10. The number of imide groups is 1. The second kappa shape index (κ2) is 7.41. The van der Waals surface area contributed by atoms with Gasteiger partial charge in [-0.1, -0.05) is 42.5 Å². The Morgan fingerprint density at radius 1 is 0.966 bits per heavy atom. The summed E-state index contributed by atoms with van der Waals surface area (Å²) in [6, 6.07) is 8.88. The average Bonchev–Trinajstić information content (AvgIpc) is 3.06. The normalized spacial score (nSPS) is 31.9. The highest BCUT2D eigenvalue weighted by Gasteiger charge is 2.58. The monoisotopic (exact) mass is 394 g/mol. The lowest BCUT2D eigenvalue weighted by Gasteiger charge is -2.38. The second-order valence-corrected chi connectivity index (χ2v) is 8.53. The summed E-state index contributed by atoms with van der Waals surface area (Å²) < 4.78 is 5.38. The lowest BCUT2D eigenvalue weighted by molar-refractivity contribution is -0.153. The fourth-order valence-electron chi connectivity index (χ4n) is 5.53. The maximum Gasteiger partial charge on any atom is 0.246 e. The Morgan fingerprint density at radius 3 is 2.10 bits per heavy atom. The molecule has 5 atom stereocenters. The van der Waals surface area contributed by atoms with Crippen LogP contribution >= 0.6 is 0 Å². The average molecular weight is 394 g/mol. The van der Waals surface area contributed by atoms with Gasteiger partial charge >= 0.3 is 0 Å². The van der Waals surface area contributed by atoms with Crippen LogP contribution in [-0.4, -0.2) is 59.9 Å². The van der Waals surface area contributed by atoms with Crippen LogP contribution in [0.25, 0.3) is 0 Å². The van der Waals surface area contributed by atoms with Crippen LogP contribution in [0.2, 0.25) is 0 Å². The minimum Gasteiger partial charge on any atom is -0.378 e. The summed E-state index contributed by atoms with van der Waals surface area (Å²) in [7, 11) is 0. The number of nitrogens with zero attached hydrogens (tertiary/aromatic N) is 2. The summed E-state index contributed by atoms with van der Waals surface area (Å²) in [4.78, 5) is 43.4. The van der Waals surface area contributed by atoms with Crippen molar-refractivity contribution in [2.75, 3.05) is 26.3 Å². The molecule has 3 amide bonds. The van der Waals surface area contributed by atoms with Gasteiger partial charge in [0.1, 0.15) is 6.04 Å². The van der Waals surface area contributed by atoms with Crippen molar-refractivity contribution in [2.24, 2.45) is 23.7 Å². The van der Waals surface area contributed by atoms with E-state index in [4.69, 9.17) is 4.74 Å². The largest absolute Gasteiger partial charge is 0.378 e. The van der Waals surface area contributed by atoms with E-state index >= 15 is 0 Å². The molecule has 6 nitrogen and oxygen atoms in total. The Balaban J connectivity index is 1.48. The SMILES string of the molecule is O=C(C(Cc1ccccc1)N1C(=O)C2C3C=CC(CC3)C2C1=O)N1CCOCC1. The van der Waals surface area contributed by atoms with Crippen molar-refractivity contribution >= 4 is 17.7 Å². The number of amides is 3. The zero-order valence-corrected chi connectivity index (χ0v) is 16.4. The Morgan fingerprint density at radius 2 is 1.55 bits per heavy atom. The minimum absolute atomic E-state index is 0.127. The number of hydrogen-bond donors (Lipinski definition) is 0. The quantitative estimate of drug-likeness (QED) is 0.575. The van der Waals surface area contributed by atoms with E-state index in [1.807, 2.05) is 30.3 Å². The molecule has 3 fully saturated rings. The molecule has 1 aromatic carbocycles. The van der Waals surface area contributed by atoms with Crippen LogP contribution in [0, 0.1) is 23.7 Å². The Labute approximate surface area is 170 Å². The van der Waals surface area contributed by atoms with Gasteiger partial charge in [0.2, 0.25) is 17.7 Å². The maximum atomic E-state index is 13.5. The standard InChI is InChI=1S/C23H26N2O4/c26-21(24-10-12-29-13-11-24)18(14-15-4-2-1-3-5-15)25-22(27)19-16-6-7-17(9-8-16)20(19)23(25)28/h1-7,16-20H,8-14H2. The number of allylic oxidation sites excluding steroid dienone is 2. The van der Waals surface area contributed by atoms with Crippen LogP contribution in [0.5, 0.6) is 0 Å². The zero-order chi connectivity index (χ0) is 20.0. The molecule has 2 saturated heterocycles. The molecule has 3 aliphatic carbocycles. The smallest absolute Gasteiger partial charge is 0.246 e. The molecular formula is C23H26N2O4. The summed E-state index contributed by atoms with van der Waals surface area (Å²) in [5.41, 5.74) is 0.954. The summed E-state index contributed by atoms with van der Waals surface area (Å²) in [6.07, 6.45) is 6.49. The second-order valence-electron chi connectivity index (χ2n) is 8.53. The van der Waals surface area contributed by atoms with Crippen LogP contribution in [0.15, 0.2) is 42.5 Å². The third-order valence-corrected chi connectivity index (χ3v) is 6.98. The molecule has 29 heavy (non-hydrogen) atoms. The van der Waals surface area contributed by atoms with Crippen molar-refractivity contribution in [1.82, 2.24) is 9.80 Å². The number of likely N-dealkylation sites (tertiary alicyclic amines) is 1. The number of morpholine rings is 1. The van der Waals surface area contributed by atoms with Crippen LogP contribution in [-0.2, 0) is 25.5 Å². The predicted octanol–water partition coefficient (Wildman–Crippen LogP) is 1.65. The molecule has 6 heteroatoms. The molecule has 1 aromatic rings. The van der Waals surface area contributed by atoms with Crippen LogP contribution in [0.4, 0.5) is 0 Å². The molecule has 0 spiro atoms. The van der Waals surface area contributed by atoms with Gasteiger partial charge in [-0.15, -0.1) is 0 Å². The lowest BCUT2D eigenvalue weighted by Crippen LogP contribution is -2.54. The van der Waals surface area contributed by atoms with E-state index in [2.05, 4.69) is 12.2 Å². The number of fused-ring (bicyclic) bond motifs is 1. The molecule has 2 heterocycles. The van der Waals surface area contributed by atoms with Crippen molar-refractivity contribution in [2.45, 2.75) is 25.3 Å². The molecule has 6 rings (SSSR count). The van der Waals surface area contributed by atoms with Gasteiger partial charge in [0, 0.05) is 19.5 Å². The highest BCUT2D eigenvalue weighted by molar-refractivity contribution is 6.09. The van der Waals surface area contributed by atoms with E-state index in [1.54, 1.807) is 4.90 Å². The molecule has 0 radical (unpaired) electrons. The van der Waals surface area contributed by atoms with Crippen molar-refractivity contribution < 1.29 is 19.1 Å². The number of benzene rings is 1. The molecule has 5 unspecified atom stereocenters. The lowest BCUT2D eigenvalue weighted by atomic mass is 9.63. The fraction of sp³-hybridized carbons (Fsp3) is 0.522. The summed E-state index contributed by atoms with van der Waals surface area (Å²) in [5.74, 6) is -0.769. The van der Waals surface area contributed by atoms with E-state index in [1.165, 1.54) is 4.90 Å². The molecule has 1 saturated carbocycles. The maximum absolute atomic E-state index is 13.5. The molecule has 2 bridgehead atoms. The van der Waals surface area contributed by atoms with E-state index in [0.29, 0.717) is 32.7 Å². The van der Waals surface area contributed by atoms with Gasteiger partial charge in [-0.25, -0.2) is 0 Å². The number of ether oxygens (including phenoxy) is 1. The number of carbonyl (C=O) groups is 3. The highest BCUT2D eigenvalue weighted by Crippen LogP contribution is 2.50. The summed E-state index contributed by atoms with van der Waals surface area (Å²) in [5, 5.41) is 0. The molecule has 0 aromatic heterocycles. The first-order valence-electron chi connectivity index (χ1n) is 10.6. The first-order valence-corrected chi connectivity index (χ1v) is 10.6. The predicted molar refractivity (Wildman–Crippen MR) is 106 cm³/mol. The molecule has 0 N–H and O–H groups in total. The molecule has 2 aliphatic heterocycles. The Kier molecular flexibility index (Phi) is 4.74. The van der Waals surface area contributed by atoms with Crippen LogP contribution in [0.3, 0.4) is 0 Å². The first kappa shape index (κ1) is 18.6. The van der Waals surface area contributed by atoms with Gasteiger partial charge in [-0.3, -0.25) is 19.3 Å². The minimum atomic E-state index is -0.777. The van der Waals surface area contributed by atoms with Crippen molar-refractivity contribution in [1.29, 1.82) is 0 Å². The number of carbonyl (C=O) groups excluding carboxylic acids is 3. The van der Waals surface area contributed by atoms with Gasteiger partial charge in [-0.05, 0) is 30.2 Å². The van der Waals surface area contributed by atoms with Crippen molar-refractivity contribution in [3.05, 3.63) is 48.0 Å². The van der Waals surface area contributed by atoms with E-state index in [9.17, 15) is 14.4 Å². The number of rotatable bonds is 4.